The van der Waals surface area contributed by atoms with Crippen LogP contribution in [0.15, 0.2) is 22.7 Å². The fourth-order valence-corrected chi connectivity index (χ4v) is 1.95. The van der Waals surface area contributed by atoms with Gasteiger partial charge in [0.15, 0.2) is 17.3 Å². The summed E-state index contributed by atoms with van der Waals surface area (Å²) in [5.41, 5.74) is 0.450. The minimum atomic E-state index is -1.14. The minimum Gasteiger partial charge on any atom is -0.494 e. The van der Waals surface area contributed by atoms with Gasteiger partial charge in [0.25, 0.3) is 0 Å². The van der Waals surface area contributed by atoms with Crippen molar-refractivity contribution in [3.8, 4) is 17.0 Å². The minimum absolute atomic E-state index is 0.0172. The number of halogens is 1. The summed E-state index contributed by atoms with van der Waals surface area (Å²) in [4.78, 5) is 11.3. The normalized spacial score (nSPS) is 10.6. The van der Waals surface area contributed by atoms with Gasteiger partial charge in [0.2, 0.25) is 0 Å². The summed E-state index contributed by atoms with van der Waals surface area (Å²) in [6.45, 7) is 1.90. The van der Waals surface area contributed by atoms with Crippen molar-refractivity contribution in [1.82, 2.24) is 5.16 Å². The number of hydrogen-bond acceptors (Lipinski definition) is 4. The zero-order chi connectivity index (χ0) is 14.7. The summed E-state index contributed by atoms with van der Waals surface area (Å²) in [6.07, 6.45) is 1.19. The molecule has 0 saturated carbocycles. The third-order valence-corrected chi connectivity index (χ3v) is 2.88. The Labute approximate surface area is 115 Å². The molecule has 0 fully saturated rings. The molecule has 0 aliphatic rings. The number of aromatic nitrogens is 1. The molecule has 0 aliphatic heterocycles. The highest BCUT2D eigenvalue weighted by molar-refractivity contribution is 5.95. The van der Waals surface area contributed by atoms with Gasteiger partial charge in [-0.1, -0.05) is 12.1 Å². The van der Waals surface area contributed by atoms with Crippen LogP contribution in [0.3, 0.4) is 0 Å². The van der Waals surface area contributed by atoms with E-state index in [-0.39, 0.29) is 17.0 Å². The zero-order valence-electron chi connectivity index (χ0n) is 11.1. The van der Waals surface area contributed by atoms with Crippen LogP contribution in [-0.4, -0.2) is 23.3 Å². The van der Waals surface area contributed by atoms with Gasteiger partial charge in [0.05, 0.1) is 7.11 Å². The lowest BCUT2D eigenvalue weighted by Crippen LogP contribution is -2.01. The third kappa shape index (κ3) is 2.49. The van der Waals surface area contributed by atoms with Gasteiger partial charge >= 0.3 is 5.97 Å². The molecule has 0 saturated heterocycles. The molecule has 0 radical (unpaired) electrons. The smallest absolute Gasteiger partial charge is 0.341 e. The van der Waals surface area contributed by atoms with E-state index >= 15 is 0 Å². The summed E-state index contributed by atoms with van der Waals surface area (Å²) >= 11 is 0. The topological polar surface area (TPSA) is 72.6 Å². The van der Waals surface area contributed by atoms with Gasteiger partial charge in [0.1, 0.15) is 11.3 Å². The van der Waals surface area contributed by atoms with Crippen LogP contribution >= 0.6 is 0 Å². The second-order valence-electron chi connectivity index (χ2n) is 4.23. The Morgan fingerprint density at radius 3 is 2.80 bits per heavy atom. The van der Waals surface area contributed by atoms with Gasteiger partial charge in [0, 0.05) is 12.0 Å². The van der Waals surface area contributed by atoms with Crippen molar-refractivity contribution >= 4 is 5.97 Å². The number of benzene rings is 1. The van der Waals surface area contributed by atoms with Crippen LogP contribution in [0.1, 0.15) is 29.5 Å². The van der Waals surface area contributed by atoms with Crippen LogP contribution in [-0.2, 0) is 6.42 Å². The van der Waals surface area contributed by atoms with Crippen molar-refractivity contribution in [2.45, 2.75) is 19.8 Å². The van der Waals surface area contributed by atoms with E-state index in [0.29, 0.717) is 17.7 Å². The van der Waals surface area contributed by atoms with Crippen LogP contribution in [0.4, 0.5) is 4.39 Å². The van der Waals surface area contributed by atoms with Crippen molar-refractivity contribution in [1.29, 1.82) is 0 Å². The van der Waals surface area contributed by atoms with Gasteiger partial charge < -0.3 is 14.4 Å². The van der Waals surface area contributed by atoms with Crippen molar-refractivity contribution in [3.63, 3.8) is 0 Å². The van der Waals surface area contributed by atoms with Crippen molar-refractivity contribution in [2.24, 2.45) is 0 Å². The summed E-state index contributed by atoms with van der Waals surface area (Å²) in [5.74, 6) is -1.34. The quantitative estimate of drug-likeness (QED) is 0.910. The van der Waals surface area contributed by atoms with E-state index in [1.165, 1.54) is 19.2 Å². The van der Waals surface area contributed by atoms with E-state index in [1.54, 1.807) is 6.07 Å². The number of carboxylic acid groups (broad SMARTS) is 1. The monoisotopic (exact) mass is 279 g/mol. The summed E-state index contributed by atoms with van der Waals surface area (Å²) in [6, 6.07) is 4.14. The first-order valence-electron chi connectivity index (χ1n) is 6.14. The van der Waals surface area contributed by atoms with Crippen molar-refractivity contribution in [3.05, 3.63) is 35.3 Å². The second-order valence-corrected chi connectivity index (χ2v) is 4.23. The maximum atomic E-state index is 13.7. The lowest BCUT2D eigenvalue weighted by Gasteiger charge is -2.03. The molecule has 1 N–H and O–H groups in total. The number of nitrogens with zero attached hydrogens (tertiary/aromatic N) is 1. The average molecular weight is 279 g/mol. The number of ether oxygens (including phenoxy) is 1. The number of rotatable bonds is 5. The molecule has 2 rings (SSSR count). The Bertz CT molecular complexity index is 636. The van der Waals surface area contributed by atoms with Crippen LogP contribution in [0, 0.1) is 5.82 Å². The molecular weight excluding hydrogens is 265 g/mol. The van der Waals surface area contributed by atoms with E-state index in [1.807, 2.05) is 6.92 Å². The van der Waals surface area contributed by atoms with Gasteiger partial charge in [-0.2, -0.15) is 0 Å². The fraction of sp³-hybridized carbons (Fsp3) is 0.286. The Hall–Kier alpha value is -2.37. The Morgan fingerprint density at radius 2 is 2.25 bits per heavy atom. The molecule has 6 heteroatoms. The predicted octanol–water partition coefficient (Wildman–Crippen LogP) is 3.14. The molecule has 0 bridgehead atoms. The molecule has 0 aliphatic carbocycles. The zero-order valence-corrected chi connectivity index (χ0v) is 11.1. The molecule has 0 amide bonds. The third-order valence-electron chi connectivity index (χ3n) is 2.88. The molecule has 5 nitrogen and oxygen atoms in total. The lowest BCUT2D eigenvalue weighted by molar-refractivity contribution is 0.0695. The Kier molecular flexibility index (Phi) is 4.02. The number of aryl methyl sites for hydroxylation is 1. The Morgan fingerprint density at radius 1 is 1.50 bits per heavy atom. The van der Waals surface area contributed by atoms with Gasteiger partial charge in [-0.05, 0) is 24.6 Å². The van der Waals surface area contributed by atoms with E-state index < -0.39 is 11.8 Å². The van der Waals surface area contributed by atoms with E-state index in [2.05, 4.69) is 5.16 Å². The highest BCUT2D eigenvalue weighted by atomic mass is 19.1. The molecular formula is C14H14FNO4. The highest BCUT2D eigenvalue weighted by Gasteiger charge is 2.23. The first-order chi connectivity index (χ1) is 9.58. The van der Waals surface area contributed by atoms with Crippen LogP contribution < -0.4 is 4.74 Å². The molecule has 1 aromatic heterocycles. The summed E-state index contributed by atoms with van der Waals surface area (Å²) in [7, 11) is 1.36. The molecule has 0 spiro atoms. The van der Waals surface area contributed by atoms with Gasteiger partial charge in [-0.3, -0.25) is 0 Å². The second kappa shape index (κ2) is 5.73. The van der Waals surface area contributed by atoms with E-state index in [0.717, 1.165) is 6.42 Å². The first kappa shape index (κ1) is 14.0. The van der Waals surface area contributed by atoms with Gasteiger partial charge in [-0.25, -0.2) is 9.18 Å². The van der Waals surface area contributed by atoms with E-state index in [4.69, 9.17) is 9.26 Å². The molecule has 2 aromatic rings. The van der Waals surface area contributed by atoms with E-state index in [9.17, 15) is 14.3 Å². The summed E-state index contributed by atoms with van der Waals surface area (Å²) < 4.78 is 23.6. The molecule has 106 valence electrons. The highest BCUT2D eigenvalue weighted by Crippen LogP contribution is 2.29. The largest absolute Gasteiger partial charge is 0.494 e. The predicted molar refractivity (Wildman–Crippen MR) is 69.4 cm³/mol. The van der Waals surface area contributed by atoms with Gasteiger partial charge in [-0.15, -0.1) is 0 Å². The number of carbonyl (C=O) groups is 1. The number of carboxylic acids is 1. The molecule has 0 atom stereocenters. The SMILES string of the molecule is CCCc1onc(-c2ccc(OC)c(F)c2)c1C(=O)O. The number of methoxy groups -OCH3 is 1. The number of hydrogen-bond donors (Lipinski definition) is 1. The molecule has 1 heterocycles. The average Bonchev–Trinajstić information content (AvgIpc) is 2.83. The first-order valence-corrected chi connectivity index (χ1v) is 6.14. The molecule has 0 unspecified atom stereocenters. The van der Waals surface area contributed by atoms with Crippen LogP contribution in [0.5, 0.6) is 5.75 Å². The standard InChI is InChI=1S/C14H14FNO4/c1-3-4-11-12(14(17)18)13(16-20-11)8-5-6-10(19-2)9(15)7-8/h5-7H,3-4H2,1-2H3,(H,17,18). The Balaban J connectivity index is 2.52. The number of aromatic carboxylic acids is 1. The lowest BCUT2D eigenvalue weighted by atomic mass is 10.0. The van der Waals surface area contributed by atoms with Crippen molar-refractivity contribution < 1.29 is 23.6 Å². The maximum Gasteiger partial charge on any atom is 0.341 e. The maximum absolute atomic E-state index is 13.7. The summed E-state index contributed by atoms with van der Waals surface area (Å²) in [5, 5.41) is 13.0. The molecule has 1 aromatic carbocycles. The van der Waals surface area contributed by atoms with Crippen LogP contribution in [0.2, 0.25) is 0 Å². The van der Waals surface area contributed by atoms with Crippen molar-refractivity contribution in [2.75, 3.05) is 7.11 Å². The van der Waals surface area contributed by atoms with Crippen LogP contribution in [0.25, 0.3) is 11.3 Å². The molecule has 20 heavy (non-hydrogen) atoms. The fourth-order valence-electron chi connectivity index (χ4n) is 1.95.